The highest BCUT2D eigenvalue weighted by atomic mass is 16.7. The number of rotatable bonds is 4. The van der Waals surface area contributed by atoms with Crippen LogP contribution in [-0.4, -0.2) is 25.7 Å². The zero-order chi connectivity index (χ0) is 13.8. The summed E-state index contributed by atoms with van der Waals surface area (Å²) in [7, 11) is 1.45. The lowest BCUT2D eigenvalue weighted by atomic mass is 10.0. The molecule has 0 radical (unpaired) electrons. The molecule has 0 aliphatic carbocycles. The van der Waals surface area contributed by atoms with E-state index in [4.69, 9.17) is 4.74 Å². The van der Waals surface area contributed by atoms with E-state index >= 15 is 0 Å². The molecule has 0 saturated heterocycles. The first-order chi connectivity index (χ1) is 9.11. The van der Waals surface area contributed by atoms with Crippen molar-refractivity contribution in [2.45, 2.75) is 6.92 Å². The van der Waals surface area contributed by atoms with Gasteiger partial charge >= 0.3 is 5.97 Å². The van der Waals surface area contributed by atoms with Crippen molar-refractivity contribution in [2.75, 3.05) is 13.9 Å². The zero-order valence-electron chi connectivity index (χ0n) is 10.8. The molecule has 0 N–H and O–H groups in total. The van der Waals surface area contributed by atoms with Crippen LogP contribution in [0.4, 0.5) is 0 Å². The largest absolute Gasteiger partial charge is 0.435 e. The Balaban J connectivity index is 2.38. The van der Waals surface area contributed by atoms with Crippen molar-refractivity contribution < 1.29 is 19.1 Å². The van der Waals surface area contributed by atoms with E-state index in [1.807, 2.05) is 12.1 Å². The summed E-state index contributed by atoms with van der Waals surface area (Å²) in [6.45, 7) is 1.43. The second kappa shape index (κ2) is 5.63. The van der Waals surface area contributed by atoms with Crippen molar-refractivity contribution in [3.8, 4) is 0 Å². The van der Waals surface area contributed by atoms with E-state index in [9.17, 15) is 9.59 Å². The van der Waals surface area contributed by atoms with Gasteiger partial charge in [-0.3, -0.25) is 4.79 Å². The smallest absolute Gasteiger partial charge is 0.340 e. The summed E-state index contributed by atoms with van der Waals surface area (Å²) >= 11 is 0. The Kier molecular flexibility index (Phi) is 3.92. The highest BCUT2D eigenvalue weighted by Crippen LogP contribution is 2.19. The van der Waals surface area contributed by atoms with Gasteiger partial charge in [-0.05, 0) is 35.9 Å². The molecule has 0 unspecified atom stereocenters. The Morgan fingerprint density at radius 1 is 1.00 bits per heavy atom. The van der Waals surface area contributed by atoms with E-state index in [1.54, 1.807) is 24.3 Å². The molecule has 0 aliphatic heterocycles. The van der Waals surface area contributed by atoms with Crippen molar-refractivity contribution in [1.29, 1.82) is 0 Å². The third-order valence-electron chi connectivity index (χ3n) is 2.79. The maximum absolute atomic E-state index is 11.7. The summed E-state index contributed by atoms with van der Waals surface area (Å²) in [5, 5.41) is 1.80. The van der Waals surface area contributed by atoms with Crippen molar-refractivity contribution in [2.24, 2.45) is 0 Å². The predicted octanol–water partition coefficient (Wildman–Crippen LogP) is 2.80. The molecule has 2 aromatic rings. The average molecular weight is 258 g/mol. The van der Waals surface area contributed by atoms with E-state index < -0.39 is 5.97 Å². The van der Waals surface area contributed by atoms with Crippen LogP contribution in [0.15, 0.2) is 36.4 Å². The number of hydrogen-bond donors (Lipinski definition) is 0. The highest BCUT2D eigenvalue weighted by Gasteiger charge is 2.08. The van der Waals surface area contributed by atoms with Crippen LogP contribution in [0, 0.1) is 0 Å². The van der Waals surface area contributed by atoms with Gasteiger partial charge in [0.1, 0.15) is 0 Å². The first-order valence-electron chi connectivity index (χ1n) is 5.82. The third-order valence-corrected chi connectivity index (χ3v) is 2.79. The molecule has 0 bridgehead atoms. The molecule has 19 heavy (non-hydrogen) atoms. The summed E-state index contributed by atoms with van der Waals surface area (Å²) in [5.74, 6) is -0.453. The molecular weight excluding hydrogens is 244 g/mol. The maximum Gasteiger partial charge on any atom is 0.340 e. The third kappa shape index (κ3) is 2.98. The van der Waals surface area contributed by atoms with Gasteiger partial charge in [0.25, 0.3) is 0 Å². The Labute approximate surface area is 110 Å². The molecule has 2 aromatic carbocycles. The van der Waals surface area contributed by atoms with E-state index in [2.05, 4.69) is 4.74 Å². The quantitative estimate of drug-likeness (QED) is 0.480. The van der Waals surface area contributed by atoms with Gasteiger partial charge in [0.05, 0.1) is 5.56 Å². The number of fused-ring (bicyclic) bond motifs is 1. The average Bonchev–Trinajstić information content (AvgIpc) is 2.43. The minimum absolute atomic E-state index is 0.00531. The van der Waals surface area contributed by atoms with E-state index in [0.29, 0.717) is 11.1 Å². The Morgan fingerprint density at radius 2 is 1.63 bits per heavy atom. The number of ketones is 1. The molecule has 0 fully saturated rings. The lowest BCUT2D eigenvalue weighted by Crippen LogP contribution is -2.07. The van der Waals surface area contributed by atoms with Gasteiger partial charge in [0, 0.05) is 12.7 Å². The first-order valence-corrected chi connectivity index (χ1v) is 5.82. The molecule has 0 spiro atoms. The summed E-state index contributed by atoms with van der Waals surface area (Å²) in [4.78, 5) is 23.0. The summed E-state index contributed by atoms with van der Waals surface area (Å²) in [5.41, 5.74) is 1.06. The van der Waals surface area contributed by atoms with Gasteiger partial charge in [-0.2, -0.15) is 0 Å². The number of benzene rings is 2. The fourth-order valence-corrected chi connectivity index (χ4v) is 1.79. The summed E-state index contributed by atoms with van der Waals surface area (Å²) in [6.07, 6.45) is 0. The van der Waals surface area contributed by atoms with Crippen LogP contribution in [0.1, 0.15) is 27.6 Å². The highest BCUT2D eigenvalue weighted by molar-refractivity contribution is 6.00. The molecule has 0 aliphatic rings. The van der Waals surface area contributed by atoms with Crippen LogP contribution in [0.25, 0.3) is 10.8 Å². The molecule has 0 aromatic heterocycles. The fraction of sp³-hybridized carbons (Fsp3) is 0.200. The van der Waals surface area contributed by atoms with Crippen molar-refractivity contribution in [1.82, 2.24) is 0 Å². The number of ether oxygens (including phenoxy) is 2. The van der Waals surface area contributed by atoms with E-state index in [1.165, 1.54) is 14.0 Å². The summed E-state index contributed by atoms with van der Waals surface area (Å²) in [6, 6.07) is 10.6. The minimum Gasteiger partial charge on any atom is -0.435 e. The van der Waals surface area contributed by atoms with Crippen LogP contribution < -0.4 is 0 Å². The van der Waals surface area contributed by atoms with E-state index in [-0.39, 0.29) is 12.6 Å². The Bertz CT molecular complexity index is 631. The topological polar surface area (TPSA) is 52.6 Å². The van der Waals surface area contributed by atoms with Crippen LogP contribution in [0.5, 0.6) is 0 Å². The molecule has 0 atom stereocenters. The lowest BCUT2D eigenvalue weighted by Gasteiger charge is -2.05. The number of methoxy groups -OCH3 is 1. The molecule has 4 heteroatoms. The molecule has 2 rings (SSSR count). The Hall–Kier alpha value is -2.20. The van der Waals surface area contributed by atoms with Crippen LogP contribution in [0.2, 0.25) is 0 Å². The van der Waals surface area contributed by atoms with Gasteiger partial charge in [-0.25, -0.2) is 4.79 Å². The number of esters is 1. The maximum atomic E-state index is 11.7. The van der Waals surface area contributed by atoms with Crippen molar-refractivity contribution >= 4 is 22.5 Å². The standard InChI is InChI=1S/C15H14O4/c1-10(16)12-5-3-11-4-6-13(8-14(11)7-12)15(17)19-9-18-2/h3-8H,9H2,1-2H3. The van der Waals surface area contributed by atoms with Gasteiger partial charge in [0.2, 0.25) is 0 Å². The number of hydrogen-bond acceptors (Lipinski definition) is 4. The molecule has 98 valence electrons. The van der Waals surface area contributed by atoms with Gasteiger partial charge in [-0.1, -0.05) is 18.2 Å². The lowest BCUT2D eigenvalue weighted by molar-refractivity contribution is -0.0124. The molecule has 0 amide bonds. The first kappa shape index (κ1) is 13.2. The zero-order valence-corrected chi connectivity index (χ0v) is 10.8. The van der Waals surface area contributed by atoms with E-state index in [0.717, 1.165) is 10.8 Å². The van der Waals surface area contributed by atoms with Crippen molar-refractivity contribution in [3.63, 3.8) is 0 Å². The van der Waals surface area contributed by atoms with Crippen LogP contribution >= 0.6 is 0 Å². The molecule has 0 heterocycles. The van der Waals surface area contributed by atoms with Gasteiger partial charge in [-0.15, -0.1) is 0 Å². The number of Topliss-reactive ketones (excluding diaryl/α,β-unsaturated/α-hetero) is 1. The van der Waals surface area contributed by atoms with Crippen LogP contribution in [0.3, 0.4) is 0 Å². The minimum atomic E-state index is -0.447. The molecule has 0 saturated carbocycles. The van der Waals surface area contributed by atoms with Crippen LogP contribution in [-0.2, 0) is 9.47 Å². The number of carbonyl (C=O) groups excluding carboxylic acids is 2. The second-order valence-electron chi connectivity index (χ2n) is 4.17. The predicted molar refractivity (Wildman–Crippen MR) is 71.2 cm³/mol. The normalized spacial score (nSPS) is 10.4. The Morgan fingerprint density at radius 3 is 2.26 bits per heavy atom. The summed E-state index contributed by atoms with van der Waals surface area (Å²) < 4.78 is 9.56. The SMILES string of the molecule is COCOC(=O)c1ccc2ccc(C(C)=O)cc2c1. The van der Waals surface area contributed by atoms with Gasteiger partial charge in [0.15, 0.2) is 12.6 Å². The molecule has 4 nitrogen and oxygen atoms in total. The molecular formula is C15H14O4. The number of carbonyl (C=O) groups is 2. The van der Waals surface area contributed by atoms with Crippen molar-refractivity contribution in [3.05, 3.63) is 47.5 Å². The monoisotopic (exact) mass is 258 g/mol. The fourth-order valence-electron chi connectivity index (χ4n) is 1.79. The van der Waals surface area contributed by atoms with Gasteiger partial charge < -0.3 is 9.47 Å². The second-order valence-corrected chi connectivity index (χ2v) is 4.17.